The number of Topliss-reactive ketones (excluding diaryl/α,β-unsaturated/α-hetero) is 1. The minimum Gasteiger partial charge on any atom is -0.382 e. The molecule has 7 nitrogen and oxygen atoms in total. The van der Waals surface area contributed by atoms with E-state index < -0.39 is 0 Å². The molecular formula is C15H29NO6. The van der Waals surface area contributed by atoms with Crippen LogP contribution in [0.1, 0.15) is 26.2 Å². The number of ether oxygens (including phenoxy) is 4. The van der Waals surface area contributed by atoms with Crippen molar-refractivity contribution in [2.45, 2.75) is 26.2 Å². The predicted octanol–water partition coefficient (Wildman–Crippen LogP) is 0.558. The smallest absolute Gasteiger partial charge is 0.222 e. The molecule has 0 unspecified atom stereocenters. The molecule has 0 aliphatic carbocycles. The highest BCUT2D eigenvalue weighted by atomic mass is 16.5. The monoisotopic (exact) mass is 319 g/mol. The number of carbonyl (C=O) groups is 2. The zero-order valence-corrected chi connectivity index (χ0v) is 13.7. The lowest BCUT2D eigenvalue weighted by molar-refractivity contribution is -0.122. The van der Waals surface area contributed by atoms with E-state index in [1.54, 1.807) is 7.11 Å². The highest BCUT2D eigenvalue weighted by Crippen LogP contribution is 1.90. The first kappa shape index (κ1) is 21.0. The van der Waals surface area contributed by atoms with Crippen molar-refractivity contribution in [3.05, 3.63) is 0 Å². The van der Waals surface area contributed by atoms with Crippen molar-refractivity contribution in [2.75, 3.05) is 59.9 Å². The molecule has 0 aromatic heterocycles. The Morgan fingerprint density at radius 2 is 1.41 bits per heavy atom. The van der Waals surface area contributed by atoms with Gasteiger partial charge in [-0.1, -0.05) is 6.92 Å². The van der Waals surface area contributed by atoms with E-state index in [1.165, 1.54) is 0 Å². The van der Waals surface area contributed by atoms with E-state index in [2.05, 4.69) is 5.32 Å². The van der Waals surface area contributed by atoms with Gasteiger partial charge in [0.1, 0.15) is 5.78 Å². The molecule has 22 heavy (non-hydrogen) atoms. The first-order valence-corrected chi connectivity index (χ1v) is 7.71. The number of ketones is 1. The topological polar surface area (TPSA) is 83.1 Å². The van der Waals surface area contributed by atoms with Crippen LogP contribution in [0.25, 0.3) is 0 Å². The van der Waals surface area contributed by atoms with E-state index in [-0.39, 0.29) is 11.7 Å². The van der Waals surface area contributed by atoms with E-state index in [0.29, 0.717) is 72.1 Å². The lowest BCUT2D eigenvalue weighted by Crippen LogP contribution is -2.28. The first-order chi connectivity index (χ1) is 10.7. The number of nitrogens with one attached hydrogen (secondary N) is 1. The molecule has 0 bridgehead atoms. The van der Waals surface area contributed by atoms with Gasteiger partial charge in [-0.15, -0.1) is 0 Å². The predicted molar refractivity (Wildman–Crippen MR) is 81.9 cm³/mol. The van der Waals surface area contributed by atoms with Crippen molar-refractivity contribution in [1.29, 1.82) is 0 Å². The Kier molecular flexibility index (Phi) is 15.6. The number of carbonyl (C=O) groups excluding carboxylic acids is 2. The number of hydrogen-bond acceptors (Lipinski definition) is 6. The second-order valence-corrected chi connectivity index (χ2v) is 4.57. The zero-order valence-electron chi connectivity index (χ0n) is 13.7. The van der Waals surface area contributed by atoms with Gasteiger partial charge < -0.3 is 24.3 Å². The van der Waals surface area contributed by atoms with Crippen LogP contribution in [0, 0.1) is 0 Å². The second-order valence-electron chi connectivity index (χ2n) is 4.57. The molecule has 1 amide bonds. The summed E-state index contributed by atoms with van der Waals surface area (Å²) in [6, 6.07) is 0. The minimum atomic E-state index is -0.0599. The number of rotatable bonds is 16. The third kappa shape index (κ3) is 15.4. The molecule has 0 aromatic rings. The fraction of sp³-hybridized carbons (Fsp3) is 0.867. The Balaban J connectivity index is 3.18. The largest absolute Gasteiger partial charge is 0.382 e. The summed E-state index contributed by atoms with van der Waals surface area (Å²) in [6.07, 6.45) is 1.34. The summed E-state index contributed by atoms with van der Waals surface area (Å²) < 4.78 is 20.6. The Morgan fingerprint density at radius 1 is 0.818 bits per heavy atom. The molecule has 1 N–H and O–H groups in total. The van der Waals surface area contributed by atoms with Crippen LogP contribution in [0.2, 0.25) is 0 Å². The van der Waals surface area contributed by atoms with E-state index in [1.807, 2.05) is 6.92 Å². The van der Waals surface area contributed by atoms with E-state index >= 15 is 0 Å². The summed E-state index contributed by atoms with van der Waals surface area (Å²) in [7, 11) is 1.60. The SMILES string of the molecule is CCC(=O)CCOCCOCCNC(=O)CCOCCOC. The Bertz CT molecular complexity index is 285. The zero-order chi connectivity index (χ0) is 16.5. The molecule has 0 heterocycles. The van der Waals surface area contributed by atoms with Crippen LogP contribution in [-0.2, 0) is 28.5 Å². The van der Waals surface area contributed by atoms with Gasteiger partial charge in [0.15, 0.2) is 0 Å². The highest BCUT2D eigenvalue weighted by Gasteiger charge is 2.01. The highest BCUT2D eigenvalue weighted by molar-refractivity contribution is 5.78. The molecule has 0 aliphatic heterocycles. The van der Waals surface area contributed by atoms with Crippen molar-refractivity contribution in [3.8, 4) is 0 Å². The maximum absolute atomic E-state index is 11.4. The molecule has 0 fully saturated rings. The fourth-order valence-electron chi connectivity index (χ4n) is 1.44. The fourth-order valence-corrected chi connectivity index (χ4v) is 1.44. The van der Waals surface area contributed by atoms with Crippen molar-refractivity contribution < 1.29 is 28.5 Å². The summed E-state index contributed by atoms with van der Waals surface area (Å²) in [5, 5.41) is 2.74. The molecule has 0 rings (SSSR count). The van der Waals surface area contributed by atoms with Crippen LogP contribution in [0.4, 0.5) is 0 Å². The quantitative estimate of drug-likeness (QED) is 0.419. The van der Waals surface area contributed by atoms with Crippen molar-refractivity contribution in [1.82, 2.24) is 5.32 Å². The van der Waals surface area contributed by atoms with E-state index in [4.69, 9.17) is 18.9 Å². The number of methoxy groups -OCH3 is 1. The van der Waals surface area contributed by atoms with Crippen molar-refractivity contribution in [2.24, 2.45) is 0 Å². The van der Waals surface area contributed by atoms with Gasteiger partial charge in [0.05, 0.1) is 46.2 Å². The average molecular weight is 319 g/mol. The minimum absolute atomic E-state index is 0.0599. The van der Waals surface area contributed by atoms with Crippen molar-refractivity contribution >= 4 is 11.7 Å². The van der Waals surface area contributed by atoms with Crippen LogP contribution < -0.4 is 5.32 Å². The van der Waals surface area contributed by atoms with Gasteiger partial charge in [-0.2, -0.15) is 0 Å². The van der Waals surface area contributed by atoms with Crippen molar-refractivity contribution in [3.63, 3.8) is 0 Å². The summed E-state index contributed by atoms with van der Waals surface area (Å²) in [5.74, 6) is 0.144. The standard InChI is InChI=1S/C15H29NO6/c1-3-14(17)4-7-20-12-13-22-9-6-16-15(18)5-8-21-11-10-19-2/h3-13H2,1-2H3,(H,16,18). The molecule has 0 atom stereocenters. The summed E-state index contributed by atoms with van der Waals surface area (Å²) in [5.41, 5.74) is 0. The molecule has 0 aliphatic rings. The van der Waals surface area contributed by atoms with Gasteiger partial charge in [0.25, 0.3) is 0 Å². The molecule has 7 heteroatoms. The molecule has 0 saturated heterocycles. The Hall–Kier alpha value is -1.02. The molecule has 0 radical (unpaired) electrons. The second kappa shape index (κ2) is 16.4. The lowest BCUT2D eigenvalue weighted by Gasteiger charge is -2.07. The van der Waals surface area contributed by atoms with Crippen LogP contribution in [0.5, 0.6) is 0 Å². The third-order valence-electron chi connectivity index (χ3n) is 2.77. The van der Waals surface area contributed by atoms with Crippen LogP contribution in [0.3, 0.4) is 0 Å². The molecule has 0 saturated carbocycles. The van der Waals surface area contributed by atoms with Gasteiger partial charge in [-0.3, -0.25) is 9.59 Å². The van der Waals surface area contributed by atoms with Gasteiger partial charge in [0, 0.05) is 32.9 Å². The Morgan fingerprint density at radius 3 is 2.05 bits per heavy atom. The van der Waals surface area contributed by atoms with Crippen LogP contribution >= 0.6 is 0 Å². The summed E-state index contributed by atoms with van der Waals surface area (Å²) in [6.45, 7) is 5.51. The first-order valence-electron chi connectivity index (χ1n) is 7.71. The van der Waals surface area contributed by atoms with Gasteiger partial charge in [0.2, 0.25) is 5.91 Å². The molecule has 130 valence electrons. The maximum atomic E-state index is 11.4. The van der Waals surface area contributed by atoms with E-state index in [9.17, 15) is 9.59 Å². The third-order valence-corrected chi connectivity index (χ3v) is 2.77. The van der Waals surface area contributed by atoms with Gasteiger partial charge in [-0.05, 0) is 0 Å². The summed E-state index contributed by atoms with van der Waals surface area (Å²) in [4.78, 5) is 22.4. The van der Waals surface area contributed by atoms with Gasteiger partial charge >= 0.3 is 0 Å². The summed E-state index contributed by atoms with van der Waals surface area (Å²) >= 11 is 0. The lowest BCUT2D eigenvalue weighted by atomic mass is 10.2. The average Bonchev–Trinajstić information content (AvgIpc) is 2.52. The van der Waals surface area contributed by atoms with Crippen LogP contribution in [0.15, 0.2) is 0 Å². The van der Waals surface area contributed by atoms with Gasteiger partial charge in [-0.25, -0.2) is 0 Å². The number of hydrogen-bond donors (Lipinski definition) is 1. The van der Waals surface area contributed by atoms with E-state index in [0.717, 1.165) is 0 Å². The normalized spacial score (nSPS) is 10.6. The molecule has 0 aromatic carbocycles. The maximum Gasteiger partial charge on any atom is 0.222 e. The molecule has 0 spiro atoms. The molecular weight excluding hydrogens is 290 g/mol. The number of amides is 1. The Labute approximate surface area is 132 Å². The van der Waals surface area contributed by atoms with Crippen LogP contribution in [-0.4, -0.2) is 71.6 Å².